The number of halogens is 3. The molecule has 0 spiro atoms. The Bertz CT molecular complexity index is 1050. The molecule has 0 unspecified atom stereocenters. The quantitative estimate of drug-likeness (QED) is 0.618. The summed E-state index contributed by atoms with van der Waals surface area (Å²) in [5.74, 6) is -0.00402. The molecule has 12 heteroatoms. The summed E-state index contributed by atoms with van der Waals surface area (Å²) < 4.78 is 66.5. The van der Waals surface area contributed by atoms with Crippen molar-refractivity contribution in [3.05, 3.63) is 40.9 Å². The van der Waals surface area contributed by atoms with E-state index < -0.39 is 38.6 Å². The van der Waals surface area contributed by atoms with E-state index in [0.717, 1.165) is 43.8 Å². The van der Waals surface area contributed by atoms with Crippen molar-refractivity contribution in [1.82, 2.24) is 14.6 Å². The number of aromatic nitrogens is 1. The normalized spacial score (nSPS) is 17.3. The Kier molecular flexibility index (Phi) is 7.58. The Labute approximate surface area is 189 Å². The SMILES string of the molecule is CC1CCN(Cc2csc(NC(=O)[C@H](C)NS(=O)(=O)c3ccccc3C(F)(F)F)n2)CC1. The molecule has 2 heterocycles. The highest BCUT2D eigenvalue weighted by molar-refractivity contribution is 7.89. The number of alkyl halides is 3. The van der Waals surface area contributed by atoms with Gasteiger partial charge in [-0.15, -0.1) is 11.3 Å². The van der Waals surface area contributed by atoms with Gasteiger partial charge in [0.25, 0.3) is 0 Å². The lowest BCUT2D eigenvalue weighted by Crippen LogP contribution is -2.42. The number of sulfonamides is 1. The summed E-state index contributed by atoms with van der Waals surface area (Å²) in [6.07, 6.45) is -2.59. The van der Waals surface area contributed by atoms with Gasteiger partial charge in [0, 0.05) is 11.9 Å². The molecule has 3 rings (SSSR count). The molecule has 1 aliphatic rings. The number of hydrogen-bond acceptors (Lipinski definition) is 6. The molecule has 1 aromatic heterocycles. The predicted molar refractivity (Wildman–Crippen MR) is 116 cm³/mol. The minimum Gasteiger partial charge on any atom is -0.301 e. The van der Waals surface area contributed by atoms with Gasteiger partial charge >= 0.3 is 6.18 Å². The van der Waals surface area contributed by atoms with Crippen LogP contribution in [0.4, 0.5) is 18.3 Å². The van der Waals surface area contributed by atoms with Gasteiger partial charge in [0.2, 0.25) is 15.9 Å². The summed E-state index contributed by atoms with van der Waals surface area (Å²) in [4.78, 5) is 18.2. The molecule has 1 fully saturated rings. The largest absolute Gasteiger partial charge is 0.417 e. The zero-order valence-corrected chi connectivity index (χ0v) is 19.3. The minimum absolute atomic E-state index is 0.303. The van der Waals surface area contributed by atoms with Gasteiger partial charge < -0.3 is 5.32 Å². The van der Waals surface area contributed by atoms with Crippen LogP contribution in [-0.4, -0.2) is 43.3 Å². The second kappa shape index (κ2) is 9.86. The molecule has 0 bridgehead atoms. The molecule has 32 heavy (non-hydrogen) atoms. The number of hydrogen-bond donors (Lipinski definition) is 2. The first-order valence-corrected chi connectivity index (χ1v) is 12.5. The summed E-state index contributed by atoms with van der Waals surface area (Å²) in [7, 11) is -4.58. The van der Waals surface area contributed by atoms with Crippen molar-refractivity contribution < 1.29 is 26.4 Å². The van der Waals surface area contributed by atoms with Crippen LogP contribution >= 0.6 is 11.3 Å². The molecule has 2 N–H and O–H groups in total. The van der Waals surface area contributed by atoms with Crippen molar-refractivity contribution in [3.63, 3.8) is 0 Å². The number of nitrogens with zero attached hydrogens (tertiary/aromatic N) is 2. The van der Waals surface area contributed by atoms with Gasteiger partial charge in [0.05, 0.1) is 22.2 Å². The number of benzene rings is 1. The standard InChI is InChI=1S/C20H25F3N4O3S2/c1-13-7-9-27(10-8-13)11-15-12-31-19(24-15)25-18(28)14(2)26-32(29,30)17-6-4-3-5-16(17)20(21,22)23/h3-6,12-14,26H,7-11H2,1-2H3,(H,24,25,28)/t14-/m0/s1. The first kappa shape index (κ1) is 24.6. The first-order chi connectivity index (χ1) is 15.0. The zero-order chi connectivity index (χ0) is 23.5. The van der Waals surface area contributed by atoms with Crippen LogP contribution in [0.5, 0.6) is 0 Å². The Morgan fingerprint density at radius 1 is 1.28 bits per heavy atom. The van der Waals surface area contributed by atoms with Gasteiger partial charge in [-0.2, -0.15) is 17.9 Å². The van der Waals surface area contributed by atoms with Crippen LogP contribution in [0.25, 0.3) is 0 Å². The Morgan fingerprint density at radius 3 is 2.59 bits per heavy atom. The maximum Gasteiger partial charge on any atom is 0.417 e. The summed E-state index contributed by atoms with van der Waals surface area (Å²) >= 11 is 1.21. The lowest BCUT2D eigenvalue weighted by atomic mass is 9.99. The molecule has 176 valence electrons. The summed E-state index contributed by atoms with van der Waals surface area (Å²) in [5, 5.41) is 4.65. The van der Waals surface area contributed by atoms with Crippen LogP contribution < -0.4 is 10.0 Å². The predicted octanol–water partition coefficient (Wildman–Crippen LogP) is 3.70. The van der Waals surface area contributed by atoms with Crippen LogP contribution in [0.3, 0.4) is 0 Å². The van der Waals surface area contributed by atoms with Gasteiger partial charge in [0.15, 0.2) is 5.13 Å². The smallest absolute Gasteiger partial charge is 0.301 e. The number of rotatable bonds is 7. The molecule has 1 aliphatic heterocycles. The molecule has 1 atom stereocenters. The van der Waals surface area contributed by atoms with Crippen LogP contribution in [0, 0.1) is 5.92 Å². The van der Waals surface area contributed by atoms with E-state index >= 15 is 0 Å². The topological polar surface area (TPSA) is 91.4 Å². The van der Waals surface area contributed by atoms with E-state index in [1.165, 1.54) is 24.3 Å². The molecule has 1 saturated heterocycles. The summed E-state index contributed by atoms with van der Waals surface area (Å²) in [5.41, 5.74) is -0.496. The van der Waals surface area contributed by atoms with E-state index in [4.69, 9.17) is 0 Å². The van der Waals surface area contributed by atoms with Gasteiger partial charge in [0.1, 0.15) is 0 Å². The van der Waals surface area contributed by atoms with Crippen molar-refractivity contribution in [2.45, 2.75) is 50.3 Å². The molecular formula is C20H25F3N4O3S2. The van der Waals surface area contributed by atoms with E-state index in [2.05, 4.69) is 22.1 Å². The number of carbonyl (C=O) groups is 1. The van der Waals surface area contributed by atoms with Crippen LogP contribution in [0.1, 0.15) is 37.9 Å². The Balaban J connectivity index is 1.61. The summed E-state index contributed by atoms with van der Waals surface area (Å²) in [6, 6.07) is 2.51. The number of amides is 1. The lowest BCUT2D eigenvalue weighted by molar-refractivity contribution is -0.139. The highest BCUT2D eigenvalue weighted by Crippen LogP contribution is 2.34. The first-order valence-electron chi connectivity index (χ1n) is 10.1. The van der Waals surface area contributed by atoms with Gasteiger partial charge in [-0.3, -0.25) is 9.69 Å². The van der Waals surface area contributed by atoms with E-state index in [-0.39, 0.29) is 0 Å². The fourth-order valence-corrected chi connectivity index (χ4v) is 5.52. The van der Waals surface area contributed by atoms with E-state index in [9.17, 15) is 26.4 Å². The minimum atomic E-state index is -4.85. The molecular weight excluding hydrogens is 465 g/mol. The number of carbonyl (C=O) groups excluding carboxylic acids is 1. The second-order valence-corrected chi connectivity index (χ2v) is 10.5. The average Bonchev–Trinajstić information content (AvgIpc) is 3.15. The van der Waals surface area contributed by atoms with Crippen LogP contribution in [0.15, 0.2) is 34.5 Å². The number of anilines is 1. The van der Waals surface area contributed by atoms with E-state index in [0.29, 0.717) is 23.7 Å². The molecule has 1 aromatic carbocycles. The molecule has 7 nitrogen and oxygen atoms in total. The second-order valence-electron chi connectivity index (χ2n) is 7.93. The maximum absolute atomic E-state index is 13.2. The lowest BCUT2D eigenvalue weighted by Gasteiger charge is -2.29. The monoisotopic (exact) mass is 490 g/mol. The van der Waals surface area contributed by atoms with Crippen molar-refractivity contribution in [1.29, 1.82) is 0 Å². The van der Waals surface area contributed by atoms with Crippen molar-refractivity contribution in [2.75, 3.05) is 18.4 Å². The highest BCUT2D eigenvalue weighted by Gasteiger charge is 2.37. The van der Waals surface area contributed by atoms with E-state index in [1.54, 1.807) is 0 Å². The van der Waals surface area contributed by atoms with Gasteiger partial charge in [-0.25, -0.2) is 13.4 Å². The number of nitrogens with one attached hydrogen (secondary N) is 2. The van der Waals surface area contributed by atoms with Gasteiger partial charge in [-0.05, 0) is 50.9 Å². The van der Waals surface area contributed by atoms with Gasteiger partial charge in [-0.1, -0.05) is 19.1 Å². The van der Waals surface area contributed by atoms with Crippen molar-refractivity contribution >= 4 is 32.4 Å². The highest BCUT2D eigenvalue weighted by atomic mass is 32.2. The van der Waals surface area contributed by atoms with Crippen molar-refractivity contribution in [3.8, 4) is 0 Å². The Morgan fingerprint density at radius 2 is 1.94 bits per heavy atom. The molecule has 0 aliphatic carbocycles. The maximum atomic E-state index is 13.2. The molecule has 0 saturated carbocycles. The zero-order valence-electron chi connectivity index (χ0n) is 17.6. The number of likely N-dealkylation sites (tertiary alicyclic amines) is 1. The van der Waals surface area contributed by atoms with Crippen LogP contribution in [-0.2, 0) is 27.5 Å². The third kappa shape index (κ3) is 6.27. The Hall–Kier alpha value is -2.02. The number of piperidine rings is 1. The molecule has 0 radical (unpaired) electrons. The van der Waals surface area contributed by atoms with E-state index in [1.807, 2.05) is 10.1 Å². The molecule has 1 amide bonds. The summed E-state index contributed by atoms with van der Waals surface area (Å²) in [6.45, 7) is 6.12. The van der Waals surface area contributed by atoms with Crippen LogP contribution in [0.2, 0.25) is 0 Å². The molecule has 2 aromatic rings. The van der Waals surface area contributed by atoms with Crippen molar-refractivity contribution in [2.24, 2.45) is 5.92 Å². The fourth-order valence-electron chi connectivity index (χ4n) is 3.38. The third-order valence-electron chi connectivity index (χ3n) is 5.25. The average molecular weight is 491 g/mol. The fraction of sp³-hybridized carbons (Fsp3) is 0.500. The number of thiazole rings is 1. The third-order valence-corrected chi connectivity index (χ3v) is 7.66.